The summed E-state index contributed by atoms with van der Waals surface area (Å²) in [5.74, 6) is 0.473. The fraction of sp³-hybridized carbons (Fsp3) is 0.263. The number of nitrogens with zero attached hydrogens (tertiary/aromatic N) is 2. The third kappa shape index (κ3) is 3.61. The average molecular weight is 400 g/mol. The Morgan fingerprint density at radius 2 is 2.07 bits per heavy atom. The van der Waals surface area contributed by atoms with Crippen LogP contribution in [0.2, 0.25) is 0 Å². The van der Waals surface area contributed by atoms with Crippen molar-refractivity contribution in [3.05, 3.63) is 74.2 Å². The molecule has 1 aliphatic heterocycles. The molecule has 1 aromatic heterocycles. The van der Waals surface area contributed by atoms with Gasteiger partial charge in [-0.3, -0.25) is 19.5 Å². The molecule has 0 radical (unpaired) electrons. The molecule has 2 heterocycles. The summed E-state index contributed by atoms with van der Waals surface area (Å²) < 4.78 is 7.60. The molecular weight excluding hydrogens is 380 g/mol. The van der Waals surface area contributed by atoms with Gasteiger partial charge in [0, 0.05) is 49.1 Å². The monoisotopic (exact) mass is 400 g/mol. The van der Waals surface area contributed by atoms with Crippen LogP contribution < -0.4 is 20.9 Å². The van der Waals surface area contributed by atoms with E-state index in [1.165, 1.54) is 22.8 Å². The summed E-state index contributed by atoms with van der Waals surface area (Å²) in [6.07, 6.45) is 1.64. The molecule has 1 aromatic carbocycles. The van der Waals surface area contributed by atoms with Crippen molar-refractivity contribution in [2.75, 3.05) is 13.6 Å². The molecule has 2 aromatic rings. The first-order valence-electron chi connectivity index (χ1n) is 8.59. The van der Waals surface area contributed by atoms with Gasteiger partial charge in [-0.1, -0.05) is 6.07 Å². The molecule has 8 nitrogen and oxygen atoms in total. The highest BCUT2D eigenvalue weighted by Gasteiger charge is 2.36. The lowest BCUT2D eigenvalue weighted by atomic mass is 9.89. The van der Waals surface area contributed by atoms with Crippen LogP contribution >= 0.6 is 12.2 Å². The Bertz CT molecular complexity index is 1040. The number of benzene rings is 1. The van der Waals surface area contributed by atoms with Gasteiger partial charge in [-0.05, 0) is 38.2 Å². The zero-order valence-corrected chi connectivity index (χ0v) is 16.5. The second kappa shape index (κ2) is 7.43. The van der Waals surface area contributed by atoms with E-state index in [-0.39, 0.29) is 11.2 Å². The minimum absolute atomic E-state index is 0.0819. The van der Waals surface area contributed by atoms with E-state index >= 15 is 0 Å². The fourth-order valence-electron chi connectivity index (χ4n) is 3.13. The molecule has 0 unspecified atom stereocenters. The molecule has 0 bridgehead atoms. The Hall–Kier alpha value is -3.20. The van der Waals surface area contributed by atoms with Gasteiger partial charge in [-0.2, -0.15) is 0 Å². The summed E-state index contributed by atoms with van der Waals surface area (Å²) in [5.41, 5.74) is 0.666. The van der Waals surface area contributed by atoms with Gasteiger partial charge in [-0.15, -0.1) is 0 Å². The maximum atomic E-state index is 12.6. The lowest BCUT2D eigenvalue weighted by Crippen LogP contribution is -2.43. The number of nitrogens with one attached hydrogen (secondary N) is 2. The average Bonchev–Trinajstić information content (AvgIpc) is 2.65. The van der Waals surface area contributed by atoms with Crippen molar-refractivity contribution in [3.63, 3.8) is 0 Å². The molecule has 0 saturated carbocycles. The fourth-order valence-corrected chi connectivity index (χ4v) is 3.20. The van der Waals surface area contributed by atoms with Crippen LogP contribution in [0.15, 0.2) is 53.0 Å². The Balaban J connectivity index is 2.30. The maximum Gasteiger partial charge on any atom is 0.270 e. The first-order valence-corrected chi connectivity index (χ1v) is 9.00. The normalized spacial score (nSPS) is 14.7. The topological polar surface area (TPSA) is 98.4 Å². The summed E-state index contributed by atoms with van der Waals surface area (Å²) in [4.78, 5) is 23.4. The number of thiocarbonyl (C=S) groups is 1. The lowest BCUT2D eigenvalue weighted by molar-refractivity contribution is -0.384. The van der Waals surface area contributed by atoms with E-state index < -0.39 is 10.5 Å². The first kappa shape index (κ1) is 19.6. The lowest BCUT2D eigenvalue weighted by Gasteiger charge is -2.37. The second-order valence-corrected chi connectivity index (χ2v) is 7.13. The number of pyridine rings is 1. The largest absolute Gasteiger partial charge is 0.483 e. The molecule has 0 amide bonds. The maximum absolute atomic E-state index is 12.6. The van der Waals surface area contributed by atoms with Crippen LogP contribution in [0.25, 0.3) is 5.70 Å². The van der Waals surface area contributed by atoms with Crippen molar-refractivity contribution in [2.45, 2.75) is 19.4 Å². The van der Waals surface area contributed by atoms with Crippen molar-refractivity contribution in [1.29, 1.82) is 0 Å². The first-order chi connectivity index (χ1) is 13.2. The van der Waals surface area contributed by atoms with E-state index in [1.54, 1.807) is 31.4 Å². The van der Waals surface area contributed by atoms with Crippen LogP contribution in [0.5, 0.6) is 5.75 Å². The van der Waals surface area contributed by atoms with E-state index in [1.807, 2.05) is 13.8 Å². The van der Waals surface area contributed by atoms with Crippen LogP contribution in [-0.4, -0.2) is 33.8 Å². The zero-order chi connectivity index (χ0) is 20.5. The standard InChI is InChI=1S/C19H20N4O4S/c1-19(2)14(11-21-18(28)20-3)17(22-9-5-4-6-16(22)24)13-10-12(23(25)26)7-8-15(13)27-19/h4-10H,11H2,1-3H3,(H2,20,21,28). The van der Waals surface area contributed by atoms with Crippen LogP contribution in [0, 0.1) is 10.1 Å². The van der Waals surface area contributed by atoms with Crippen LogP contribution in [0.1, 0.15) is 19.4 Å². The van der Waals surface area contributed by atoms with Crippen LogP contribution in [0.4, 0.5) is 5.69 Å². The Labute approximate surface area is 167 Å². The quantitative estimate of drug-likeness (QED) is 0.461. The summed E-state index contributed by atoms with van der Waals surface area (Å²) in [6.45, 7) is 4.06. The van der Waals surface area contributed by atoms with E-state index in [4.69, 9.17) is 17.0 Å². The summed E-state index contributed by atoms with van der Waals surface area (Å²) in [7, 11) is 1.70. The van der Waals surface area contributed by atoms with E-state index in [9.17, 15) is 14.9 Å². The molecule has 0 spiro atoms. The molecule has 0 fully saturated rings. The van der Waals surface area contributed by atoms with Crippen molar-refractivity contribution in [3.8, 4) is 5.75 Å². The molecule has 28 heavy (non-hydrogen) atoms. The molecule has 1 aliphatic rings. The molecule has 0 aliphatic carbocycles. The highest BCUT2D eigenvalue weighted by Crippen LogP contribution is 2.42. The minimum atomic E-state index is -0.774. The second-order valence-electron chi connectivity index (χ2n) is 6.72. The predicted octanol–water partition coefficient (Wildman–Crippen LogP) is 2.28. The number of ether oxygens (including phenoxy) is 1. The van der Waals surface area contributed by atoms with Crippen molar-refractivity contribution in [1.82, 2.24) is 15.2 Å². The van der Waals surface area contributed by atoms with Gasteiger partial charge < -0.3 is 15.4 Å². The van der Waals surface area contributed by atoms with Gasteiger partial charge in [0.1, 0.15) is 11.4 Å². The predicted molar refractivity (Wildman–Crippen MR) is 110 cm³/mol. The van der Waals surface area contributed by atoms with Gasteiger partial charge in [0.25, 0.3) is 11.2 Å². The van der Waals surface area contributed by atoms with Crippen molar-refractivity contribution in [2.24, 2.45) is 0 Å². The van der Waals surface area contributed by atoms with E-state index in [2.05, 4.69) is 10.6 Å². The summed E-state index contributed by atoms with van der Waals surface area (Å²) in [6, 6.07) is 9.19. The van der Waals surface area contributed by atoms with Gasteiger partial charge in [0.15, 0.2) is 5.11 Å². The third-order valence-electron chi connectivity index (χ3n) is 4.52. The van der Waals surface area contributed by atoms with Gasteiger partial charge >= 0.3 is 0 Å². The van der Waals surface area contributed by atoms with Crippen molar-refractivity contribution >= 4 is 28.7 Å². The molecule has 0 atom stereocenters. The number of nitro groups is 1. The van der Waals surface area contributed by atoms with Crippen LogP contribution in [-0.2, 0) is 0 Å². The van der Waals surface area contributed by atoms with Gasteiger partial charge in [-0.25, -0.2) is 0 Å². The molecule has 9 heteroatoms. The Morgan fingerprint density at radius 1 is 1.32 bits per heavy atom. The number of fused-ring (bicyclic) bond motifs is 1. The molecule has 2 N–H and O–H groups in total. The number of hydrogen-bond donors (Lipinski definition) is 2. The third-order valence-corrected chi connectivity index (χ3v) is 4.87. The Morgan fingerprint density at radius 3 is 2.71 bits per heavy atom. The van der Waals surface area contributed by atoms with Crippen LogP contribution in [0.3, 0.4) is 0 Å². The zero-order valence-electron chi connectivity index (χ0n) is 15.7. The van der Waals surface area contributed by atoms with Gasteiger partial charge in [0.2, 0.25) is 0 Å². The van der Waals surface area contributed by atoms with E-state index in [0.717, 1.165) is 5.57 Å². The Kier molecular flexibility index (Phi) is 5.19. The highest BCUT2D eigenvalue weighted by molar-refractivity contribution is 7.80. The minimum Gasteiger partial charge on any atom is -0.483 e. The molecule has 3 rings (SSSR count). The molecule has 0 saturated heterocycles. The van der Waals surface area contributed by atoms with E-state index in [0.29, 0.717) is 28.7 Å². The smallest absolute Gasteiger partial charge is 0.270 e. The summed E-state index contributed by atoms with van der Waals surface area (Å²) >= 11 is 5.17. The molecular formula is C19H20N4O4S. The number of rotatable bonds is 4. The number of nitro benzene ring substituents is 1. The van der Waals surface area contributed by atoms with Crippen molar-refractivity contribution < 1.29 is 9.66 Å². The number of aromatic nitrogens is 1. The SMILES string of the molecule is CNC(=S)NCC1=C(n2ccccc2=O)c2cc([N+](=O)[O-])ccc2OC1(C)C. The number of hydrogen-bond acceptors (Lipinski definition) is 5. The summed E-state index contributed by atoms with van der Waals surface area (Å²) in [5, 5.41) is 17.7. The number of non-ortho nitro benzene ring substituents is 1. The molecule has 146 valence electrons. The van der Waals surface area contributed by atoms with Gasteiger partial charge in [0.05, 0.1) is 10.6 Å². The highest BCUT2D eigenvalue weighted by atomic mass is 32.1.